The molecule has 8 bridgehead atoms. The van der Waals surface area contributed by atoms with Crippen molar-refractivity contribution in [2.45, 2.75) is 90.4 Å². The fourth-order valence-electron chi connectivity index (χ4n) is 7.30. The lowest BCUT2D eigenvalue weighted by atomic mass is 9.74. The van der Waals surface area contributed by atoms with Crippen LogP contribution in [0.25, 0.3) is 33.2 Å². The van der Waals surface area contributed by atoms with E-state index in [0.29, 0.717) is 62.9 Å². The number of aromatic amines is 2. The number of hydrogen-bond acceptors (Lipinski definition) is 11. The fourth-order valence-corrected chi connectivity index (χ4v) is 7.30. The molecule has 13 heteroatoms. The minimum Gasteiger partial charge on any atom is -0.469 e. The molecule has 284 valence electrons. The summed E-state index contributed by atoms with van der Waals surface area (Å²) in [4.78, 5) is 68.1. The molecule has 0 spiro atoms. The lowest BCUT2D eigenvalue weighted by Crippen LogP contribution is -2.22. The molecule has 13 nitrogen and oxygen atoms in total. The minimum absolute atomic E-state index is 0.0360. The van der Waals surface area contributed by atoms with Crippen molar-refractivity contribution in [3.8, 4) is 6.07 Å². The first-order chi connectivity index (χ1) is 25.7. The number of fused-ring (bicyclic) bond motifs is 8. The Bertz CT molecular complexity index is 2240. The van der Waals surface area contributed by atoms with E-state index in [1.165, 1.54) is 28.4 Å². The quantitative estimate of drug-likeness (QED) is 0.158. The van der Waals surface area contributed by atoms with E-state index < -0.39 is 29.3 Å². The summed E-state index contributed by atoms with van der Waals surface area (Å²) in [5.74, 6) is -1.89. The third-order valence-corrected chi connectivity index (χ3v) is 10.7. The van der Waals surface area contributed by atoms with Gasteiger partial charge in [0.05, 0.1) is 58.7 Å². The summed E-state index contributed by atoms with van der Waals surface area (Å²) in [6.07, 6.45) is 1.28. The maximum atomic E-state index is 13.0. The van der Waals surface area contributed by atoms with Crippen molar-refractivity contribution < 1.29 is 38.1 Å². The number of carbonyl (C=O) groups is 4. The molecule has 3 aromatic heterocycles. The molecule has 0 aliphatic carbocycles. The van der Waals surface area contributed by atoms with Gasteiger partial charge in [-0.3, -0.25) is 24.2 Å². The number of hydrogen-bond donors (Lipinski definition) is 2. The number of rotatable bonds is 12. The average molecular weight is 738 g/mol. The Balaban J connectivity index is 2.00. The molecule has 54 heavy (non-hydrogen) atoms. The number of methoxy groups -OCH3 is 4. The van der Waals surface area contributed by atoms with Crippen LogP contribution in [0.5, 0.6) is 0 Å². The Morgan fingerprint density at radius 1 is 0.685 bits per heavy atom. The summed E-state index contributed by atoms with van der Waals surface area (Å²) in [6, 6.07) is 9.96. The van der Waals surface area contributed by atoms with Gasteiger partial charge in [-0.05, 0) is 90.8 Å². The molecule has 0 saturated heterocycles. The lowest BCUT2D eigenvalue weighted by Gasteiger charge is -2.26. The molecule has 2 N–H and O–H groups in total. The molecule has 2 aliphatic heterocycles. The van der Waals surface area contributed by atoms with E-state index in [4.69, 9.17) is 28.9 Å². The van der Waals surface area contributed by atoms with Crippen molar-refractivity contribution in [2.24, 2.45) is 0 Å². The molecular formula is C41H47N5O8. The summed E-state index contributed by atoms with van der Waals surface area (Å²) >= 11 is 0. The SMILES string of the molecule is COC(=O)CCc1c(CC(=O)OC)c2cc3nc(cc4nc(cc5[nH]c(cc1[nH]2)c(CCC(=O)OC)c5CC(=O)OC)C(C)(C)C4CCC#N)C(C)=C3C. The summed E-state index contributed by atoms with van der Waals surface area (Å²) in [5, 5.41) is 9.59. The molecule has 0 saturated carbocycles. The van der Waals surface area contributed by atoms with Crippen molar-refractivity contribution in [3.63, 3.8) is 0 Å². The fraction of sp³-hybridized carbons (Fsp3) is 0.439. The van der Waals surface area contributed by atoms with Crippen molar-refractivity contribution in [1.82, 2.24) is 19.9 Å². The molecule has 2 aliphatic rings. The van der Waals surface area contributed by atoms with Crippen LogP contribution in [0.4, 0.5) is 0 Å². The van der Waals surface area contributed by atoms with E-state index in [0.717, 1.165) is 28.2 Å². The first-order valence-corrected chi connectivity index (χ1v) is 17.9. The Morgan fingerprint density at radius 2 is 1.15 bits per heavy atom. The molecule has 1 unspecified atom stereocenters. The van der Waals surface area contributed by atoms with Crippen LogP contribution >= 0.6 is 0 Å². The number of nitriles is 1. The average Bonchev–Trinajstić information content (AvgIpc) is 3.80. The van der Waals surface area contributed by atoms with Gasteiger partial charge in [0.2, 0.25) is 0 Å². The van der Waals surface area contributed by atoms with Crippen molar-refractivity contribution in [3.05, 3.63) is 69.3 Å². The first kappa shape index (κ1) is 39.4. The summed E-state index contributed by atoms with van der Waals surface area (Å²) in [7, 11) is 5.29. The van der Waals surface area contributed by atoms with Crippen molar-refractivity contribution in [1.29, 1.82) is 5.26 Å². The van der Waals surface area contributed by atoms with E-state index in [1.807, 2.05) is 38.1 Å². The van der Waals surface area contributed by atoms with Gasteiger partial charge in [-0.25, -0.2) is 4.98 Å². The van der Waals surface area contributed by atoms with E-state index >= 15 is 0 Å². The van der Waals surface area contributed by atoms with Crippen LogP contribution in [0, 0.1) is 11.3 Å². The topological polar surface area (TPSA) is 186 Å². The molecule has 3 aromatic rings. The number of H-pyrrole nitrogens is 2. The highest BCUT2D eigenvalue weighted by Gasteiger charge is 2.39. The van der Waals surface area contributed by atoms with Gasteiger partial charge in [-0.1, -0.05) is 13.8 Å². The second kappa shape index (κ2) is 16.5. The number of aromatic nitrogens is 4. The number of allylic oxidation sites excluding steroid dienone is 2. The van der Waals surface area contributed by atoms with Crippen molar-refractivity contribution in [2.75, 3.05) is 28.4 Å². The number of nitrogens with zero attached hydrogens (tertiary/aromatic N) is 3. The van der Waals surface area contributed by atoms with Crippen LogP contribution in [0.15, 0.2) is 24.3 Å². The van der Waals surface area contributed by atoms with E-state index in [2.05, 4.69) is 29.9 Å². The van der Waals surface area contributed by atoms with Gasteiger partial charge in [0, 0.05) is 64.1 Å². The van der Waals surface area contributed by atoms with Crippen LogP contribution < -0.4 is 0 Å². The van der Waals surface area contributed by atoms with Crippen LogP contribution in [-0.2, 0) is 69.2 Å². The number of esters is 4. The summed E-state index contributed by atoms with van der Waals surface area (Å²) in [6.45, 7) is 8.18. The third kappa shape index (κ3) is 8.07. The van der Waals surface area contributed by atoms with Crippen LogP contribution in [0.1, 0.15) is 104 Å². The van der Waals surface area contributed by atoms with Crippen LogP contribution in [-0.4, -0.2) is 72.3 Å². The van der Waals surface area contributed by atoms with E-state index in [-0.39, 0.29) is 44.4 Å². The van der Waals surface area contributed by atoms with Gasteiger partial charge in [-0.2, -0.15) is 5.26 Å². The summed E-state index contributed by atoms with van der Waals surface area (Å²) < 4.78 is 20.2. The second-order valence-corrected chi connectivity index (χ2v) is 14.1. The molecular weight excluding hydrogens is 690 g/mol. The van der Waals surface area contributed by atoms with Gasteiger partial charge in [0.25, 0.3) is 0 Å². The highest BCUT2D eigenvalue weighted by Crippen LogP contribution is 2.45. The Kier molecular flexibility index (Phi) is 12.0. The molecule has 0 radical (unpaired) electrons. The molecule has 1 atom stereocenters. The highest BCUT2D eigenvalue weighted by molar-refractivity contribution is 5.92. The number of nitrogens with one attached hydrogen (secondary N) is 2. The van der Waals surface area contributed by atoms with Gasteiger partial charge < -0.3 is 28.9 Å². The Hall–Kier alpha value is -5.77. The normalized spacial score (nSPS) is 14.7. The zero-order valence-corrected chi connectivity index (χ0v) is 32.2. The Labute approximate surface area is 314 Å². The molecule has 0 amide bonds. The van der Waals surface area contributed by atoms with E-state index in [1.54, 1.807) is 0 Å². The van der Waals surface area contributed by atoms with Gasteiger partial charge >= 0.3 is 23.9 Å². The van der Waals surface area contributed by atoms with Crippen LogP contribution in [0.2, 0.25) is 0 Å². The number of carbonyl (C=O) groups excluding carboxylic acids is 4. The lowest BCUT2D eigenvalue weighted by molar-refractivity contribution is -0.141. The maximum absolute atomic E-state index is 13.0. The standard InChI is InChI=1S/C41H47N5O8/c1-22-23(2)30-19-35-28(10-9-15-42)41(3,4)36(46-35)21-34-27(17-40(50)54-8)25(12-14-38(48)52-6)32(45-34)20-31-24(11-13-37(47)51-5)26(16-39(49)53-7)33(44-31)18-29(22)43-30/h18-21,28,44-45H,9-14,16-17H2,1-8H3. The number of aryl methyl sites for hydroxylation is 2. The molecule has 5 heterocycles. The van der Waals surface area contributed by atoms with Gasteiger partial charge in [0.15, 0.2) is 0 Å². The van der Waals surface area contributed by atoms with Crippen molar-refractivity contribution >= 4 is 57.1 Å². The molecule has 0 fully saturated rings. The zero-order chi connectivity index (χ0) is 39.3. The van der Waals surface area contributed by atoms with Gasteiger partial charge in [0.1, 0.15) is 0 Å². The predicted octanol–water partition coefficient (Wildman–Crippen LogP) is 6.27. The predicted molar refractivity (Wildman–Crippen MR) is 202 cm³/mol. The maximum Gasteiger partial charge on any atom is 0.310 e. The van der Waals surface area contributed by atoms with Gasteiger partial charge in [-0.15, -0.1) is 0 Å². The van der Waals surface area contributed by atoms with E-state index in [9.17, 15) is 24.4 Å². The monoisotopic (exact) mass is 737 g/mol. The molecule has 0 aromatic carbocycles. The van der Waals surface area contributed by atoms with Crippen LogP contribution in [0.3, 0.4) is 0 Å². The summed E-state index contributed by atoms with van der Waals surface area (Å²) in [5.41, 5.74) is 9.42. The highest BCUT2D eigenvalue weighted by atomic mass is 16.5. The number of ether oxygens (including phenoxy) is 4. The first-order valence-electron chi connectivity index (χ1n) is 17.9. The zero-order valence-electron chi connectivity index (χ0n) is 32.2. The third-order valence-electron chi connectivity index (χ3n) is 10.7. The minimum atomic E-state index is -0.511. The second-order valence-electron chi connectivity index (χ2n) is 14.1. The largest absolute Gasteiger partial charge is 0.469 e. The smallest absolute Gasteiger partial charge is 0.310 e. The molecule has 5 rings (SSSR count). The Morgan fingerprint density at radius 3 is 1.63 bits per heavy atom.